The number of rotatable bonds is 0. The summed E-state index contributed by atoms with van der Waals surface area (Å²) in [5, 5.41) is 0. The first-order chi connectivity index (χ1) is 8.34. The van der Waals surface area contributed by atoms with Crippen LogP contribution in [0.4, 0.5) is 4.79 Å². The van der Waals surface area contributed by atoms with Gasteiger partial charge >= 0.3 is 6.09 Å². The fourth-order valence-electron chi connectivity index (χ4n) is 3.00. The van der Waals surface area contributed by atoms with Gasteiger partial charge in [0.15, 0.2) is 0 Å². The van der Waals surface area contributed by atoms with E-state index >= 15 is 0 Å². The molecule has 2 fully saturated rings. The van der Waals surface area contributed by atoms with Crippen LogP contribution in [-0.2, 0) is 9.53 Å². The third-order valence-electron chi connectivity index (χ3n) is 3.94. The van der Waals surface area contributed by atoms with E-state index in [1.54, 1.807) is 0 Å². The maximum Gasteiger partial charge on any atom is 0.417 e. The minimum absolute atomic E-state index is 0.00329. The Morgan fingerprint density at radius 1 is 1.17 bits per heavy atom. The number of hydrogen-bond acceptors (Lipinski definition) is 3. The van der Waals surface area contributed by atoms with E-state index in [0.717, 1.165) is 32.1 Å². The summed E-state index contributed by atoms with van der Waals surface area (Å²) in [6.45, 7) is 5.99. The van der Waals surface area contributed by atoms with E-state index < -0.39 is 11.7 Å². The lowest BCUT2D eigenvalue weighted by atomic mass is 9.73. The largest absolute Gasteiger partial charge is 0.443 e. The topological polar surface area (TPSA) is 46.6 Å². The summed E-state index contributed by atoms with van der Waals surface area (Å²) in [4.78, 5) is 25.7. The van der Waals surface area contributed by atoms with Gasteiger partial charge in [0.05, 0.1) is 5.41 Å². The van der Waals surface area contributed by atoms with Crippen molar-refractivity contribution >= 4 is 12.0 Å². The fourth-order valence-corrected chi connectivity index (χ4v) is 3.00. The molecule has 1 saturated heterocycles. The quantitative estimate of drug-likeness (QED) is 0.666. The highest BCUT2D eigenvalue weighted by Gasteiger charge is 2.49. The molecule has 0 radical (unpaired) electrons. The number of likely N-dealkylation sites (tertiary alicyclic amines) is 1. The Morgan fingerprint density at radius 2 is 1.78 bits per heavy atom. The van der Waals surface area contributed by atoms with Crippen LogP contribution in [0.3, 0.4) is 0 Å². The van der Waals surface area contributed by atoms with Crippen LogP contribution in [0.1, 0.15) is 59.3 Å². The molecule has 1 aliphatic heterocycles. The average molecular weight is 253 g/mol. The number of nitrogens with zero attached hydrogens (tertiary/aromatic N) is 1. The van der Waals surface area contributed by atoms with Crippen molar-refractivity contribution in [1.82, 2.24) is 4.90 Å². The van der Waals surface area contributed by atoms with Gasteiger partial charge in [0.25, 0.3) is 0 Å². The van der Waals surface area contributed by atoms with E-state index in [2.05, 4.69) is 0 Å². The Morgan fingerprint density at radius 3 is 2.33 bits per heavy atom. The zero-order valence-corrected chi connectivity index (χ0v) is 11.6. The molecule has 0 aromatic heterocycles. The van der Waals surface area contributed by atoms with Crippen LogP contribution in [0.25, 0.3) is 0 Å². The fraction of sp³-hybridized carbons (Fsp3) is 0.857. The summed E-state index contributed by atoms with van der Waals surface area (Å²) in [7, 11) is 0. The highest BCUT2D eigenvalue weighted by Crippen LogP contribution is 2.44. The van der Waals surface area contributed by atoms with Crippen LogP contribution in [0.15, 0.2) is 0 Å². The zero-order valence-electron chi connectivity index (χ0n) is 11.6. The predicted molar refractivity (Wildman–Crippen MR) is 68.1 cm³/mol. The van der Waals surface area contributed by atoms with Crippen molar-refractivity contribution in [2.45, 2.75) is 64.9 Å². The number of ether oxygens (including phenoxy) is 1. The van der Waals surface area contributed by atoms with Crippen molar-refractivity contribution in [2.75, 3.05) is 6.54 Å². The second-order valence-corrected chi connectivity index (χ2v) is 6.53. The first-order valence-corrected chi connectivity index (χ1v) is 6.89. The van der Waals surface area contributed by atoms with Gasteiger partial charge in [-0.05, 0) is 40.0 Å². The maximum absolute atomic E-state index is 12.4. The van der Waals surface area contributed by atoms with Crippen LogP contribution in [0.2, 0.25) is 0 Å². The Bertz CT molecular complexity index is 351. The second-order valence-electron chi connectivity index (χ2n) is 6.53. The molecule has 1 aliphatic carbocycles. The Kier molecular flexibility index (Phi) is 3.39. The third kappa shape index (κ3) is 2.52. The summed E-state index contributed by atoms with van der Waals surface area (Å²) >= 11 is 0. The van der Waals surface area contributed by atoms with E-state index in [4.69, 9.17) is 4.74 Å². The first kappa shape index (κ1) is 13.4. The number of carbonyl (C=O) groups excluding carboxylic acids is 2. The lowest BCUT2D eigenvalue weighted by molar-refractivity contribution is -0.136. The number of imide groups is 1. The molecule has 4 nitrogen and oxygen atoms in total. The molecule has 18 heavy (non-hydrogen) atoms. The van der Waals surface area contributed by atoms with Crippen LogP contribution >= 0.6 is 0 Å². The molecule has 0 N–H and O–H groups in total. The van der Waals surface area contributed by atoms with Crippen molar-refractivity contribution in [3.8, 4) is 0 Å². The molecule has 0 aromatic carbocycles. The van der Waals surface area contributed by atoms with Gasteiger partial charge in [0.2, 0.25) is 5.91 Å². The van der Waals surface area contributed by atoms with Crippen LogP contribution < -0.4 is 0 Å². The molecule has 1 heterocycles. The monoisotopic (exact) mass is 253 g/mol. The van der Waals surface area contributed by atoms with E-state index in [-0.39, 0.29) is 11.3 Å². The van der Waals surface area contributed by atoms with Crippen molar-refractivity contribution in [3.63, 3.8) is 0 Å². The maximum atomic E-state index is 12.4. The Balaban J connectivity index is 2.05. The summed E-state index contributed by atoms with van der Waals surface area (Å²) in [6.07, 6.45) is 5.62. The van der Waals surface area contributed by atoms with Crippen molar-refractivity contribution in [2.24, 2.45) is 5.41 Å². The lowest BCUT2D eigenvalue weighted by Gasteiger charge is -2.31. The molecule has 102 valence electrons. The molecule has 2 aliphatic rings. The highest BCUT2D eigenvalue weighted by molar-refractivity contribution is 5.97. The van der Waals surface area contributed by atoms with Gasteiger partial charge in [-0.3, -0.25) is 4.79 Å². The lowest BCUT2D eigenvalue weighted by Crippen LogP contribution is -2.42. The standard InChI is InChI=1S/C14H23NO3/c1-13(2,3)18-12(17)15-10-9-14(11(15)16)7-5-4-6-8-14/h4-10H2,1-3H3. The minimum Gasteiger partial charge on any atom is -0.443 e. The third-order valence-corrected chi connectivity index (χ3v) is 3.94. The summed E-state index contributed by atoms with van der Waals surface area (Å²) in [6, 6.07) is 0. The number of carbonyl (C=O) groups is 2. The van der Waals surface area contributed by atoms with Gasteiger partial charge in [0, 0.05) is 6.54 Å². The Hall–Kier alpha value is -1.06. The molecule has 2 amide bonds. The molecule has 0 bridgehead atoms. The smallest absolute Gasteiger partial charge is 0.417 e. The second kappa shape index (κ2) is 4.56. The van der Waals surface area contributed by atoms with Gasteiger partial charge in [-0.2, -0.15) is 0 Å². The van der Waals surface area contributed by atoms with Crippen molar-refractivity contribution in [1.29, 1.82) is 0 Å². The molecule has 0 aromatic rings. The van der Waals surface area contributed by atoms with E-state index in [1.165, 1.54) is 11.3 Å². The normalized spacial score (nSPS) is 23.5. The van der Waals surface area contributed by atoms with Gasteiger partial charge in [-0.25, -0.2) is 9.69 Å². The van der Waals surface area contributed by atoms with E-state index in [9.17, 15) is 9.59 Å². The molecule has 0 unspecified atom stereocenters. The number of amides is 2. The van der Waals surface area contributed by atoms with Crippen molar-refractivity contribution < 1.29 is 14.3 Å². The van der Waals surface area contributed by atoms with Gasteiger partial charge in [-0.1, -0.05) is 19.3 Å². The SMILES string of the molecule is CC(C)(C)OC(=O)N1CCC2(CCCCC2)C1=O. The van der Waals surface area contributed by atoms with E-state index in [1.807, 2.05) is 20.8 Å². The zero-order chi connectivity index (χ0) is 13.4. The van der Waals surface area contributed by atoms with Crippen LogP contribution in [0, 0.1) is 5.41 Å². The average Bonchev–Trinajstić information content (AvgIpc) is 2.56. The summed E-state index contributed by atoms with van der Waals surface area (Å²) in [5.41, 5.74) is -0.797. The minimum atomic E-state index is -0.542. The van der Waals surface area contributed by atoms with Crippen LogP contribution in [0.5, 0.6) is 0 Å². The summed E-state index contributed by atoms with van der Waals surface area (Å²) < 4.78 is 5.29. The Labute approximate surface area is 109 Å². The molecule has 2 rings (SSSR count). The molecule has 1 saturated carbocycles. The molecule has 4 heteroatoms. The summed E-state index contributed by atoms with van der Waals surface area (Å²) in [5.74, 6) is -0.00329. The van der Waals surface area contributed by atoms with E-state index in [0.29, 0.717) is 6.54 Å². The first-order valence-electron chi connectivity index (χ1n) is 6.89. The van der Waals surface area contributed by atoms with Gasteiger partial charge < -0.3 is 4.74 Å². The van der Waals surface area contributed by atoms with Crippen LogP contribution in [-0.4, -0.2) is 29.0 Å². The van der Waals surface area contributed by atoms with Gasteiger partial charge in [0.1, 0.15) is 5.60 Å². The molecular formula is C14H23NO3. The highest BCUT2D eigenvalue weighted by atomic mass is 16.6. The van der Waals surface area contributed by atoms with Gasteiger partial charge in [-0.15, -0.1) is 0 Å². The molecular weight excluding hydrogens is 230 g/mol. The molecule has 1 spiro atoms. The predicted octanol–water partition coefficient (Wildman–Crippen LogP) is 3.10. The van der Waals surface area contributed by atoms with Crippen molar-refractivity contribution in [3.05, 3.63) is 0 Å². The number of hydrogen-bond donors (Lipinski definition) is 0. The molecule has 0 atom stereocenters.